The minimum absolute atomic E-state index is 0.0403. The second-order valence-corrected chi connectivity index (χ2v) is 28.3. The molecule has 10 N–H and O–H groups in total. The molecule has 3 aliphatic rings. The fraction of sp³-hybridized carbons (Fsp3) is 0.417. The molecule has 10 rings (SSSR count). The fourth-order valence-corrected chi connectivity index (χ4v) is 10.5. The van der Waals surface area contributed by atoms with Crippen LogP contribution in [0.5, 0.6) is 0 Å². The molecule has 0 bridgehead atoms. The van der Waals surface area contributed by atoms with Crippen molar-refractivity contribution in [2.45, 2.75) is 155 Å². The average molecular weight is 1340 g/mol. The number of aromatic nitrogens is 6. The van der Waals surface area contributed by atoms with Crippen LogP contribution in [0.2, 0.25) is 0 Å². The molecule has 0 atom stereocenters. The lowest BCUT2D eigenvalue weighted by Crippen LogP contribution is -2.50. The number of carboxylic acid groups (broad SMARTS) is 1. The summed E-state index contributed by atoms with van der Waals surface area (Å²) in [6.07, 6.45) is 12.1. The van der Waals surface area contributed by atoms with Crippen molar-refractivity contribution in [3.05, 3.63) is 151 Å². The molecule has 0 saturated carbocycles. The van der Waals surface area contributed by atoms with E-state index in [4.69, 9.17) is 25.1 Å². The van der Waals surface area contributed by atoms with Gasteiger partial charge in [0, 0.05) is 80.0 Å². The van der Waals surface area contributed by atoms with E-state index in [9.17, 15) is 28.8 Å². The second kappa shape index (κ2) is 31.6. The van der Waals surface area contributed by atoms with E-state index in [1.54, 1.807) is 48.8 Å². The number of carboxylic acids is 1. The number of ether oxygens (including phenoxy) is 3. The molecule has 5 amide bonds. The van der Waals surface area contributed by atoms with E-state index in [0.717, 1.165) is 61.0 Å². The van der Waals surface area contributed by atoms with E-state index < -0.39 is 34.8 Å². The molecule has 26 heteroatoms. The molecule has 3 fully saturated rings. The second-order valence-electron chi connectivity index (χ2n) is 28.3. The predicted molar refractivity (Wildman–Crippen MR) is 379 cm³/mol. The van der Waals surface area contributed by atoms with Crippen molar-refractivity contribution in [3.63, 3.8) is 0 Å². The van der Waals surface area contributed by atoms with E-state index in [0.29, 0.717) is 85.2 Å². The van der Waals surface area contributed by atoms with Gasteiger partial charge >= 0.3 is 24.2 Å². The van der Waals surface area contributed by atoms with Crippen molar-refractivity contribution in [1.29, 1.82) is 0 Å². The minimum Gasteiger partial charge on any atom is -0.478 e. The lowest BCUT2D eigenvalue weighted by Gasteiger charge is -2.40. The van der Waals surface area contributed by atoms with E-state index in [2.05, 4.69) is 81.0 Å². The SMILES string of the molecule is CC1(Nc2ncc(C(=O)Nc3cc(-c4ccccc4)ccc3N)cn2)CCNCC1.CC1(Nc2ncc(C(=O)Nc3cc(-c4ccccc4)ccc3NC(=O)OC(C)(C)C)cn2)CCN(C(=O)OC(C)(C)C)CC1.CC1(Nc2ncc(C(=O)O)cn2)CCN(C(=O)OC(C)(C)C)CC1. The third-order valence-corrected chi connectivity index (χ3v) is 16.1. The number of rotatable bonds is 14. The van der Waals surface area contributed by atoms with E-state index in [1.165, 1.54) is 37.2 Å². The maximum absolute atomic E-state index is 13.3. The zero-order valence-corrected chi connectivity index (χ0v) is 58.0. The molecule has 7 aromatic rings. The normalized spacial score (nSPS) is 15.6. The molecule has 3 saturated heterocycles. The molecule has 0 unspecified atom stereocenters. The number of hydrogen-bond acceptors (Lipinski definition) is 20. The van der Waals surface area contributed by atoms with Crippen molar-refractivity contribution in [2.24, 2.45) is 0 Å². The first-order chi connectivity index (χ1) is 46.2. The van der Waals surface area contributed by atoms with Gasteiger partial charge in [0.25, 0.3) is 11.8 Å². The van der Waals surface area contributed by atoms with Gasteiger partial charge < -0.3 is 66.8 Å². The molecule has 26 nitrogen and oxygen atoms in total. The van der Waals surface area contributed by atoms with Gasteiger partial charge in [0.1, 0.15) is 16.8 Å². The number of nitrogens with one attached hydrogen (secondary N) is 7. The third-order valence-electron chi connectivity index (χ3n) is 16.1. The van der Waals surface area contributed by atoms with Crippen LogP contribution in [0, 0.1) is 0 Å². The fourth-order valence-electron chi connectivity index (χ4n) is 10.5. The number of anilines is 7. The largest absolute Gasteiger partial charge is 0.478 e. The predicted octanol–water partition coefficient (Wildman–Crippen LogP) is 12.9. The Morgan fingerprint density at radius 2 is 0.806 bits per heavy atom. The summed E-state index contributed by atoms with van der Waals surface area (Å²) in [6.45, 7) is 26.8. The zero-order chi connectivity index (χ0) is 71.1. The van der Waals surface area contributed by atoms with E-state index >= 15 is 0 Å². The number of nitrogens with zero attached hydrogens (tertiary/aromatic N) is 8. The van der Waals surface area contributed by atoms with Gasteiger partial charge in [-0.3, -0.25) is 14.9 Å². The Bertz CT molecular complexity index is 3860. The van der Waals surface area contributed by atoms with Crippen molar-refractivity contribution >= 4 is 76.7 Å². The number of likely N-dealkylation sites (tertiary alicyclic amines) is 2. The highest BCUT2D eigenvalue weighted by Gasteiger charge is 2.36. The number of hydrogen-bond donors (Lipinski definition) is 9. The molecule has 520 valence electrons. The Morgan fingerprint density at radius 1 is 0.449 bits per heavy atom. The highest BCUT2D eigenvalue weighted by atomic mass is 16.6. The van der Waals surface area contributed by atoms with Gasteiger partial charge in [0.15, 0.2) is 0 Å². The monoisotopic (exact) mass is 1340 g/mol. The molecule has 0 spiro atoms. The van der Waals surface area contributed by atoms with Gasteiger partial charge in [-0.05, 0) is 181 Å². The van der Waals surface area contributed by atoms with Gasteiger partial charge in [-0.15, -0.1) is 0 Å². The smallest absolute Gasteiger partial charge is 0.412 e. The van der Waals surface area contributed by atoms with E-state index in [-0.39, 0.29) is 45.8 Å². The van der Waals surface area contributed by atoms with E-state index in [1.807, 2.05) is 127 Å². The molecule has 98 heavy (non-hydrogen) atoms. The molecule has 4 aromatic carbocycles. The first-order valence-electron chi connectivity index (χ1n) is 32.7. The quantitative estimate of drug-likeness (QED) is 0.0361. The van der Waals surface area contributed by atoms with Gasteiger partial charge in [-0.25, -0.2) is 49.1 Å². The summed E-state index contributed by atoms with van der Waals surface area (Å²) >= 11 is 0. The Labute approximate surface area is 572 Å². The van der Waals surface area contributed by atoms with Crippen molar-refractivity contribution < 1.29 is 48.1 Å². The number of nitrogens with two attached hydrogens (primary N) is 1. The van der Waals surface area contributed by atoms with Crippen LogP contribution in [-0.4, -0.2) is 154 Å². The van der Waals surface area contributed by atoms with Crippen molar-refractivity contribution in [3.8, 4) is 22.3 Å². The van der Waals surface area contributed by atoms with Gasteiger partial charge in [0.2, 0.25) is 17.8 Å². The molecule has 0 radical (unpaired) electrons. The summed E-state index contributed by atoms with van der Waals surface area (Å²) in [5.74, 6) is -0.501. The topological polar surface area (TPSA) is 344 Å². The summed E-state index contributed by atoms with van der Waals surface area (Å²) in [6, 6.07) is 30.6. The van der Waals surface area contributed by atoms with Crippen molar-refractivity contribution in [2.75, 3.05) is 76.9 Å². The molecular weight excluding hydrogens is 1250 g/mol. The number of carbonyl (C=O) groups is 6. The van der Waals surface area contributed by atoms with Crippen LogP contribution in [0.25, 0.3) is 22.3 Å². The maximum atomic E-state index is 13.3. The highest BCUT2D eigenvalue weighted by molar-refractivity contribution is 6.07. The minimum atomic E-state index is -1.06. The van der Waals surface area contributed by atoms with Crippen LogP contribution in [0.3, 0.4) is 0 Å². The summed E-state index contributed by atoms with van der Waals surface area (Å²) < 4.78 is 16.3. The van der Waals surface area contributed by atoms with Crippen LogP contribution in [0.15, 0.2) is 134 Å². The number of carbonyl (C=O) groups excluding carboxylic acids is 5. The summed E-state index contributed by atoms with van der Waals surface area (Å²) in [4.78, 5) is 103. The standard InChI is InChI=1S/C33H42N6O5.C23H26N6O.C16H24N4O4/c1-31(2,3)43-29(41)37-25-14-13-23(22-11-9-8-10-12-22)19-26(25)36-27(40)24-20-34-28(35-21-24)38-33(7)15-17-39(18-16-33)30(42)44-32(4,5)6;1-23(9-11-25-12-10-23)29-22-26-14-18(15-27-22)21(30)28-20-13-17(7-8-19(20)24)16-5-3-2-4-6-16;1-15(2,3)24-14(23)20-7-5-16(4,6-8-20)19-13-17-9-11(10-18-13)12(21)22/h8-14,19-21H,15-18H2,1-7H3,(H,36,40)(H,37,41)(H,34,35,38);2-8,13-15,25H,9-12,24H2,1H3,(H,28,30)(H,26,27,29);9-10H,5-8H2,1-4H3,(H,21,22)(H,17,18,19). The summed E-state index contributed by atoms with van der Waals surface area (Å²) in [5, 5.41) is 30.7. The summed E-state index contributed by atoms with van der Waals surface area (Å²) in [5.41, 5.74) is 10.1. The maximum Gasteiger partial charge on any atom is 0.412 e. The van der Waals surface area contributed by atoms with Gasteiger partial charge in [-0.2, -0.15) is 0 Å². The van der Waals surface area contributed by atoms with Gasteiger partial charge in [-0.1, -0.05) is 72.8 Å². The number of aromatic carboxylic acids is 1. The Morgan fingerprint density at radius 3 is 1.19 bits per heavy atom. The third kappa shape index (κ3) is 22.3. The first-order valence-corrected chi connectivity index (χ1v) is 32.7. The van der Waals surface area contributed by atoms with Crippen LogP contribution in [0.4, 0.5) is 55.0 Å². The van der Waals surface area contributed by atoms with Crippen LogP contribution >= 0.6 is 0 Å². The number of amides is 5. The molecule has 3 aliphatic heterocycles. The van der Waals surface area contributed by atoms with Crippen molar-refractivity contribution in [1.82, 2.24) is 45.0 Å². The lowest BCUT2D eigenvalue weighted by atomic mass is 9.90. The molecular formula is C72H92N16O10. The van der Waals surface area contributed by atoms with Gasteiger partial charge in [0.05, 0.1) is 39.4 Å². The Hall–Kier alpha value is -10.5. The first kappa shape index (κ1) is 73.3. The number of piperidine rings is 3. The summed E-state index contributed by atoms with van der Waals surface area (Å²) in [7, 11) is 0. The molecule has 6 heterocycles. The Kier molecular flexibility index (Phi) is 23.6. The molecule has 3 aromatic heterocycles. The lowest BCUT2D eigenvalue weighted by molar-refractivity contribution is 0.0173. The average Bonchev–Trinajstić information content (AvgIpc) is 0.889. The van der Waals surface area contributed by atoms with Crippen LogP contribution < -0.4 is 43.0 Å². The number of nitrogen functional groups attached to an aromatic ring is 1. The molecule has 0 aliphatic carbocycles. The van der Waals surface area contributed by atoms with Crippen LogP contribution in [-0.2, 0) is 14.2 Å². The Balaban J connectivity index is 0.000000198. The zero-order valence-electron chi connectivity index (χ0n) is 58.0. The number of benzene rings is 4. The van der Waals surface area contributed by atoms with Crippen LogP contribution in [0.1, 0.15) is 153 Å². The highest BCUT2D eigenvalue weighted by Crippen LogP contribution is 2.33.